The minimum atomic E-state index is -0.0892. The molecule has 0 spiro atoms. The van der Waals surface area contributed by atoms with E-state index in [1.54, 1.807) is 14.2 Å². The maximum absolute atomic E-state index is 11.9. The van der Waals surface area contributed by atoms with Crippen LogP contribution in [0.5, 0.6) is 0 Å². The van der Waals surface area contributed by atoms with Gasteiger partial charge in [0.15, 0.2) is 0 Å². The third kappa shape index (κ3) is 9.70. The zero-order valence-corrected chi connectivity index (χ0v) is 14.3. The molecule has 2 N–H and O–H groups in total. The average Bonchev–Trinajstić information content (AvgIpc) is 2.49. The van der Waals surface area contributed by atoms with Gasteiger partial charge in [-0.25, -0.2) is 0 Å². The maximum atomic E-state index is 11.9. The lowest BCUT2D eigenvalue weighted by Crippen LogP contribution is -2.48. The van der Waals surface area contributed by atoms with Gasteiger partial charge in [-0.05, 0) is 12.8 Å². The highest BCUT2D eigenvalue weighted by molar-refractivity contribution is 5.81. The molecule has 0 heterocycles. The van der Waals surface area contributed by atoms with Crippen LogP contribution in [0.3, 0.4) is 0 Å². The van der Waals surface area contributed by atoms with Gasteiger partial charge in [0.2, 0.25) is 11.8 Å². The van der Waals surface area contributed by atoms with Crippen molar-refractivity contribution in [1.29, 1.82) is 0 Å². The van der Waals surface area contributed by atoms with E-state index in [1.807, 2.05) is 4.90 Å². The molecule has 0 aliphatic heterocycles. The van der Waals surface area contributed by atoms with Crippen LogP contribution in [0.1, 0.15) is 26.7 Å². The molecular weight excluding hydrogens is 286 g/mol. The summed E-state index contributed by atoms with van der Waals surface area (Å²) < 4.78 is 9.80. The van der Waals surface area contributed by atoms with Crippen LogP contribution >= 0.6 is 0 Å². The molecular formula is C15H31N3O4. The van der Waals surface area contributed by atoms with E-state index in [4.69, 9.17) is 9.47 Å². The Morgan fingerprint density at radius 3 is 1.64 bits per heavy atom. The van der Waals surface area contributed by atoms with Gasteiger partial charge in [-0.1, -0.05) is 13.8 Å². The molecule has 22 heavy (non-hydrogen) atoms. The van der Waals surface area contributed by atoms with E-state index < -0.39 is 0 Å². The molecule has 0 fully saturated rings. The zero-order valence-electron chi connectivity index (χ0n) is 14.3. The van der Waals surface area contributed by atoms with Gasteiger partial charge in [-0.3, -0.25) is 14.5 Å². The van der Waals surface area contributed by atoms with Crippen molar-refractivity contribution in [3.8, 4) is 0 Å². The van der Waals surface area contributed by atoms with E-state index in [2.05, 4.69) is 24.5 Å². The lowest BCUT2D eigenvalue weighted by Gasteiger charge is -2.29. The predicted molar refractivity (Wildman–Crippen MR) is 85.7 cm³/mol. The van der Waals surface area contributed by atoms with Gasteiger partial charge in [0.1, 0.15) is 0 Å². The Balaban J connectivity index is 4.42. The molecule has 0 unspecified atom stereocenters. The van der Waals surface area contributed by atoms with Crippen LogP contribution in [-0.4, -0.2) is 76.4 Å². The first-order chi connectivity index (χ1) is 10.6. The summed E-state index contributed by atoms with van der Waals surface area (Å²) in [7, 11) is 3.18. The minimum Gasteiger partial charge on any atom is -0.383 e. The Labute approximate surface area is 133 Å². The van der Waals surface area contributed by atoms with Crippen molar-refractivity contribution >= 4 is 11.8 Å². The number of rotatable bonds is 13. The van der Waals surface area contributed by atoms with E-state index in [9.17, 15) is 9.59 Å². The summed E-state index contributed by atoms with van der Waals surface area (Å²) in [6, 6.07) is 0.210. The molecule has 0 saturated carbocycles. The van der Waals surface area contributed by atoms with Crippen LogP contribution in [-0.2, 0) is 19.1 Å². The van der Waals surface area contributed by atoms with Crippen molar-refractivity contribution in [2.75, 3.05) is 53.6 Å². The van der Waals surface area contributed by atoms with Gasteiger partial charge in [0.05, 0.1) is 26.3 Å². The van der Waals surface area contributed by atoms with E-state index in [-0.39, 0.29) is 30.9 Å². The number of amides is 2. The Kier molecular flexibility index (Phi) is 12.8. The summed E-state index contributed by atoms with van der Waals surface area (Å²) in [6.45, 7) is 6.47. The number of carbonyl (C=O) groups is 2. The van der Waals surface area contributed by atoms with Crippen LogP contribution in [0.25, 0.3) is 0 Å². The Morgan fingerprint density at radius 1 is 0.909 bits per heavy atom. The SMILES string of the molecule is CCC(CC)N(CC(=O)NCCOC)CC(=O)NCCOC. The Hall–Kier alpha value is -1.18. The molecule has 0 aromatic heterocycles. The van der Waals surface area contributed by atoms with Gasteiger partial charge >= 0.3 is 0 Å². The van der Waals surface area contributed by atoms with Gasteiger partial charge in [0.25, 0.3) is 0 Å². The second kappa shape index (κ2) is 13.5. The first kappa shape index (κ1) is 20.8. The molecule has 130 valence electrons. The van der Waals surface area contributed by atoms with Gasteiger partial charge in [-0.2, -0.15) is 0 Å². The molecule has 0 radical (unpaired) electrons. The molecule has 0 saturated heterocycles. The molecule has 7 heteroatoms. The third-order valence-corrected chi connectivity index (χ3v) is 3.41. The van der Waals surface area contributed by atoms with Crippen LogP contribution in [0.15, 0.2) is 0 Å². The number of nitrogens with zero attached hydrogens (tertiary/aromatic N) is 1. The first-order valence-corrected chi connectivity index (χ1v) is 7.84. The Morgan fingerprint density at radius 2 is 1.32 bits per heavy atom. The van der Waals surface area contributed by atoms with Crippen LogP contribution < -0.4 is 10.6 Å². The molecule has 0 bridgehead atoms. The lowest BCUT2D eigenvalue weighted by atomic mass is 10.1. The zero-order chi connectivity index (χ0) is 16.8. The lowest BCUT2D eigenvalue weighted by molar-refractivity contribution is -0.126. The van der Waals surface area contributed by atoms with Crippen molar-refractivity contribution in [3.05, 3.63) is 0 Å². The highest BCUT2D eigenvalue weighted by Crippen LogP contribution is 2.07. The molecule has 0 aliphatic carbocycles. The highest BCUT2D eigenvalue weighted by Gasteiger charge is 2.20. The van der Waals surface area contributed by atoms with Crippen LogP contribution in [0.2, 0.25) is 0 Å². The minimum absolute atomic E-state index is 0.0892. The van der Waals surface area contributed by atoms with Crippen LogP contribution in [0.4, 0.5) is 0 Å². The van der Waals surface area contributed by atoms with Gasteiger partial charge in [0, 0.05) is 33.4 Å². The second-order valence-electron chi connectivity index (χ2n) is 5.06. The topological polar surface area (TPSA) is 79.9 Å². The van der Waals surface area contributed by atoms with E-state index in [0.717, 1.165) is 12.8 Å². The van der Waals surface area contributed by atoms with Crippen molar-refractivity contribution in [1.82, 2.24) is 15.5 Å². The number of methoxy groups -OCH3 is 2. The summed E-state index contributed by atoms with van der Waals surface area (Å²) in [5, 5.41) is 5.57. The highest BCUT2D eigenvalue weighted by atomic mass is 16.5. The summed E-state index contributed by atoms with van der Waals surface area (Å²) in [5.74, 6) is -0.178. The van der Waals surface area contributed by atoms with Crippen molar-refractivity contribution in [2.45, 2.75) is 32.7 Å². The fourth-order valence-corrected chi connectivity index (χ4v) is 2.18. The smallest absolute Gasteiger partial charge is 0.234 e. The summed E-state index contributed by atoms with van der Waals surface area (Å²) in [4.78, 5) is 25.8. The standard InChI is InChI=1S/C15H31N3O4/c1-5-13(6-2)18(11-14(19)16-7-9-21-3)12-15(20)17-8-10-22-4/h13H,5-12H2,1-4H3,(H,16,19)(H,17,20). The van der Waals surface area contributed by atoms with E-state index in [1.165, 1.54) is 0 Å². The Bertz CT molecular complexity index is 285. The van der Waals surface area contributed by atoms with Gasteiger partial charge < -0.3 is 20.1 Å². The number of hydrogen-bond acceptors (Lipinski definition) is 5. The summed E-state index contributed by atoms with van der Waals surface area (Å²) in [5.41, 5.74) is 0. The van der Waals surface area contributed by atoms with E-state index >= 15 is 0 Å². The summed E-state index contributed by atoms with van der Waals surface area (Å²) in [6.07, 6.45) is 1.79. The monoisotopic (exact) mass is 317 g/mol. The molecule has 0 aromatic rings. The normalized spacial score (nSPS) is 11.0. The average molecular weight is 317 g/mol. The fourth-order valence-electron chi connectivity index (χ4n) is 2.18. The van der Waals surface area contributed by atoms with Crippen molar-refractivity contribution in [2.24, 2.45) is 0 Å². The molecule has 0 atom stereocenters. The molecule has 2 amide bonds. The first-order valence-electron chi connectivity index (χ1n) is 7.84. The molecule has 0 aromatic carbocycles. The van der Waals surface area contributed by atoms with Crippen molar-refractivity contribution in [3.63, 3.8) is 0 Å². The quantitative estimate of drug-likeness (QED) is 0.468. The largest absolute Gasteiger partial charge is 0.383 e. The molecule has 7 nitrogen and oxygen atoms in total. The van der Waals surface area contributed by atoms with Crippen molar-refractivity contribution < 1.29 is 19.1 Å². The predicted octanol–water partition coefficient (Wildman–Crippen LogP) is 0.00220. The number of hydrogen-bond donors (Lipinski definition) is 2. The second-order valence-corrected chi connectivity index (χ2v) is 5.06. The number of ether oxygens (including phenoxy) is 2. The third-order valence-electron chi connectivity index (χ3n) is 3.41. The summed E-state index contributed by atoms with van der Waals surface area (Å²) >= 11 is 0. The van der Waals surface area contributed by atoms with E-state index in [0.29, 0.717) is 26.3 Å². The molecule has 0 aliphatic rings. The maximum Gasteiger partial charge on any atom is 0.234 e. The van der Waals surface area contributed by atoms with Gasteiger partial charge in [-0.15, -0.1) is 0 Å². The number of nitrogens with one attached hydrogen (secondary N) is 2. The number of carbonyl (C=O) groups excluding carboxylic acids is 2. The molecule has 0 rings (SSSR count). The van der Waals surface area contributed by atoms with Crippen LogP contribution in [0, 0.1) is 0 Å². The fraction of sp³-hybridized carbons (Fsp3) is 0.867.